The van der Waals surface area contributed by atoms with Crippen LogP contribution in [0.25, 0.3) is 0 Å². The maximum absolute atomic E-state index is 9.22. The molecule has 1 aromatic carbocycles. The number of nitrogens with zero attached hydrogens (tertiary/aromatic N) is 3. The zero-order valence-electron chi connectivity index (χ0n) is 13.6. The molecule has 0 fully saturated rings. The van der Waals surface area contributed by atoms with Crippen molar-refractivity contribution in [3.63, 3.8) is 0 Å². The smallest absolute Gasteiger partial charge is 0.151 e. The van der Waals surface area contributed by atoms with Crippen LogP contribution in [0.1, 0.15) is 37.5 Å². The van der Waals surface area contributed by atoms with Gasteiger partial charge in [-0.3, -0.25) is 0 Å². The van der Waals surface area contributed by atoms with Crippen molar-refractivity contribution in [1.29, 1.82) is 0 Å². The van der Waals surface area contributed by atoms with Gasteiger partial charge < -0.3 is 9.84 Å². The molecule has 22 heavy (non-hydrogen) atoms. The van der Waals surface area contributed by atoms with Crippen LogP contribution in [0.2, 0.25) is 0 Å². The molecule has 0 aliphatic heterocycles. The van der Waals surface area contributed by atoms with Crippen LogP contribution in [0.15, 0.2) is 24.3 Å². The highest BCUT2D eigenvalue weighted by atomic mass is 16.5. The van der Waals surface area contributed by atoms with Crippen molar-refractivity contribution in [1.82, 2.24) is 14.8 Å². The predicted octanol–water partition coefficient (Wildman–Crippen LogP) is 2.46. The maximum Gasteiger partial charge on any atom is 0.151 e. The molecular weight excluding hydrogens is 278 g/mol. The fourth-order valence-corrected chi connectivity index (χ4v) is 2.34. The normalized spacial score (nSPS) is 12.4. The highest BCUT2D eigenvalue weighted by Crippen LogP contribution is 2.16. The molecule has 0 spiro atoms. The van der Waals surface area contributed by atoms with E-state index in [9.17, 15) is 5.11 Å². The van der Waals surface area contributed by atoms with E-state index in [1.54, 1.807) is 7.11 Å². The Kier molecular flexibility index (Phi) is 5.95. The fourth-order valence-electron chi connectivity index (χ4n) is 2.34. The van der Waals surface area contributed by atoms with E-state index in [0.29, 0.717) is 18.9 Å². The van der Waals surface area contributed by atoms with Gasteiger partial charge in [-0.1, -0.05) is 32.4 Å². The summed E-state index contributed by atoms with van der Waals surface area (Å²) in [7, 11) is 1.66. The molecule has 1 atom stereocenters. The lowest BCUT2D eigenvalue weighted by atomic mass is 10.1. The second-order valence-electron chi connectivity index (χ2n) is 5.64. The van der Waals surface area contributed by atoms with Crippen molar-refractivity contribution in [3.8, 4) is 5.75 Å². The molecule has 0 amide bonds. The van der Waals surface area contributed by atoms with Gasteiger partial charge >= 0.3 is 0 Å². The summed E-state index contributed by atoms with van der Waals surface area (Å²) >= 11 is 0. The first-order valence-electron chi connectivity index (χ1n) is 7.82. The van der Waals surface area contributed by atoms with E-state index in [1.807, 2.05) is 22.9 Å². The first-order valence-corrected chi connectivity index (χ1v) is 7.82. The van der Waals surface area contributed by atoms with Crippen LogP contribution in [0.3, 0.4) is 0 Å². The van der Waals surface area contributed by atoms with E-state index in [-0.39, 0.29) is 6.61 Å². The molecule has 2 rings (SSSR count). The number of methoxy groups -OCH3 is 1. The topological polar surface area (TPSA) is 60.2 Å². The molecule has 0 radical (unpaired) electrons. The van der Waals surface area contributed by atoms with Gasteiger partial charge in [-0.25, -0.2) is 9.67 Å². The van der Waals surface area contributed by atoms with Crippen molar-refractivity contribution < 1.29 is 9.84 Å². The largest absolute Gasteiger partial charge is 0.497 e. The average molecular weight is 303 g/mol. The van der Waals surface area contributed by atoms with Gasteiger partial charge in [0.05, 0.1) is 20.3 Å². The molecule has 0 aliphatic rings. The Hall–Kier alpha value is -1.88. The van der Waals surface area contributed by atoms with Crippen LogP contribution in [0.5, 0.6) is 5.75 Å². The SMILES string of the molecule is CCC(C)Cc1nc(Cc2cccc(OC)c2)n(CCO)n1. The molecule has 1 heterocycles. The van der Waals surface area contributed by atoms with E-state index in [0.717, 1.165) is 35.8 Å². The summed E-state index contributed by atoms with van der Waals surface area (Å²) in [5.74, 6) is 3.15. The summed E-state index contributed by atoms with van der Waals surface area (Å²) in [4.78, 5) is 4.67. The summed E-state index contributed by atoms with van der Waals surface area (Å²) < 4.78 is 7.08. The number of aliphatic hydroxyl groups excluding tert-OH is 1. The molecule has 5 nitrogen and oxygen atoms in total. The number of hydrogen-bond donors (Lipinski definition) is 1. The zero-order valence-corrected chi connectivity index (χ0v) is 13.6. The number of benzene rings is 1. The Bertz CT molecular complexity index is 595. The fraction of sp³-hybridized carbons (Fsp3) is 0.529. The molecule has 5 heteroatoms. The van der Waals surface area contributed by atoms with Gasteiger partial charge in [0.15, 0.2) is 5.82 Å². The molecule has 0 saturated heterocycles. The van der Waals surface area contributed by atoms with Crippen LogP contribution in [0.4, 0.5) is 0 Å². The first kappa shape index (κ1) is 16.5. The summed E-state index contributed by atoms with van der Waals surface area (Å²) in [5.41, 5.74) is 1.13. The van der Waals surface area contributed by atoms with Crippen molar-refractivity contribution in [2.24, 2.45) is 5.92 Å². The minimum absolute atomic E-state index is 0.0667. The van der Waals surface area contributed by atoms with E-state index >= 15 is 0 Å². The number of hydrogen-bond acceptors (Lipinski definition) is 4. The van der Waals surface area contributed by atoms with Crippen LogP contribution in [-0.4, -0.2) is 33.6 Å². The minimum atomic E-state index is 0.0667. The molecule has 120 valence electrons. The molecule has 1 aromatic heterocycles. The van der Waals surface area contributed by atoms with Crippen LogP contribution < -0.4 is 4.74 Å². The lowest BCUT2D eigenvalue weighted by Gasteiger charge is -2.05. The Morgan fingerprint density at radius 2 is 2.18 bits per heavy atom. The van der Waals surface area contributed by atoms with Gasteiger partial charge in [0.1, 0.15) is 11.6 Å². The first-order chi connectivity index (χ1) is 10.7. The third-order valence-corrected chi connectivity index (χ3v) is 3.83. The predicted molar refractivity (Wildman–Crippen MR) is 86.1 cm³/mol. The number of aliphatic hydroxyl groups is 1. The quantitative estimate of drug-likeness (QED) is 0.814. The monoisotopic (exact) mass is 303 g/mol. The number of rotatable bonds is 8. The van der Waals surface area contributed by atoms with Crippen LogP contribution in [-0.2, 0) is 19.4 Å². The molecule has 0 bridgehead atoms. The minimum Gasteiger partial charge on any atom is -0.497 e. The standard InChI is InChI=1S/C17H25N3O2/c1-4-13(2)10-16-18-17(20(19-16)8-9-21)12-14-6-5-7-15(11-14)22-3/h5-7,11,13,21H,4,8-10,12H2,1-3H3. The van der Waals surface area contributed by atoms with Crippen LogP contribution in [0, 0.1) is 5.92 Å². The lowest BCUT2D eigenvalue weighted by Crippen LogP contribution is -2.09. The summed E-state index contributed by atoms with van der Waals surface area (Å²) in [6, 6.07) is 7.96. The second kappa shape index (κ2) is 7.94. The third-order valence-electron chi connectivity index (χ3n) is 3.83. The van der Waals surface area contributed by atoms with Crippen LogP contribution >= 0.6 is 0 Å². The molecule has 1 N–H and O–H groups in total. The van der Waals surface area contributed by atoms with Crippen molar-refractivity contribution in [2.75, 3.05) is 13.7 Å². The Morgan fingerprint density at radius 3 is 2.86 bits per heavy atom. The molecule has 0 saturated carbocycles. The molecule has 1 unspecified atom stereocenters. The van der Waals surface area contributed by atoms with Crippen molar-refractivity contribution in [3.05, 3.63) is 41.5 Å². The average Bonchev–Trinajstić information content (AvgIpc) is 2.89. The highest BCUT2D eigenvalue weighted by Gasteiger charge is 2.12. The van der Waals surface area contributed by atoms with Gasteiger partial charge in [-0.15, -0.1) is 0 Å². The maximum atomic E-state index is 9.22. The van der Waals surface area contributed by atoms with Gasteiger partial charge in [0, 0.05) is 12.8 Å². The van der Waals surface area contributed by atoms with Crippen molar-refractivity contribution in [2.45, 2.75) is 39.7 Å². The summed E-state index contributed by atoms with van der Waals surface area (Å²) in [5, 5.41) is 13.8. The van der Waals surface area contributed by atoms with Gasteiger partial charge in [0.2, 0.25) is 0 Å². The van der Waals surface area contributed by atoms with E-state index in [1.165, 1.54) is 0 Å². The number of aromatic nitrogens is 3. The van der Waals surface area contributed by atoms with Gasteiger partial charge in [-0.2, -0.15) is 5.10 Å². The van der Waals surface area contributed by atoms with Crippen molar-refractivity contribution >= 4 is 0 Å². The molecule has 2 aromatic rings. The third kappa shape index (κ3) is 4.31. The number of ether oxygens (including phenoxy) is 1. The van der Waals surface area contributed by atoms with E-state index in [2.05, 4.69) is 30.0 Å². The second-order valence-corrected chi connectivity index (χ2v) is 5.64. The highest BCUT2D eigenvalue weighted by molar-refractivity contribution is 5.30. The summed E-state index contributed by atoms with van der Waals surface area (Å²) in [6.07, 6.45) is 2.67. The lowest BCUT2D eigenvalue weighted by molar-refractivity contribution is 0.267. The molecular formula is C17H25N3O2. The zero-order chi connectivity index (χ0) is 15.9. The van der Waals surface area contributed by atoms with E-state index in [4.69, 9.17) is 4.74 Å². The van der Waals surface area contributed by atoms with E-state index < -0.39 is 0 Å². The van der Waals surface area contributed by atoms with Gasteiger partial charge in [-0.05, 0) is 23.6 Å². The Balaban J connectivity index is 2.20. The summed E-state index contributed by atoms with van der Waals surface area (Å²) in [6.45, 7) is 4.92. The molecule has 0 aliphatic carbocycles. The Labute approximate surface area is 132 Å². The Morgan fingerprint density at radius 1 is 1.36 bits per heavy atom. The van der Waals surface area contributed by atoms with Gasteiger partial charge in [0.25, 0.3) is 0 Å².